The lowest BCUT2D eigenvalue weighted by Crippen LogP contribution is -2.30. The van der Waals surface area contributed by atoms with Gasteiger partial charge in [-0.15, -0.1) is 0 Å². The van der Waals surface area contributed by atoms with E-state index >= 15 is 0 Å². The van der Waals surface area contributed by atoms with Crippen molar-refractivity contribution in [3.63, 3.8) is 0 Å². The molecule has 0 fully saturated rings. The van der Waals surface area contributed by atoms with Crippen LogP contribution in [0.5, 0.6) is 5.75 Å². The Morgan fingerprint density at radius 1 is 1.19 bits per heavy atom. The molecule has 1 amide bonds. The Labute approximate surface area is 153 Å². The highest BCUT2D eigenvalue weighted by atomic mass is 16.5. The van der Waals surface area contributed by atoms with Gasteiger partial charge < -0.3 is 20.5 Å². The zero-order chi connectivity index (χ0) is 19.1. The third-order valence-electron chi connectivity index (χ3n) is 3.74. The molecule has 0 aromatic heterocycles. The van der Waals surface area contributed by atoms with Crippen LogP contribution in [0.1, 0.15) is 36.6 Å². The molecule has 1 atom stereocenters. The third kappa shape index (κ3) is 5.32. The predicted molar refractivity (Wildman–Crippen MR) is 101 cm³/mol. The van der Waals surface area contributed by atoms with Crippen molar-refractivity contribution in [1.82, 2.24) is 5.32 Å². The van der Waals surface area contributed by atoms with E-state index in [2.05, 4.69) is 5.32 Å². The van der Waals surface area contributed by atoms with Crippen LogP contribution in [-0.4, -0.2) is 25.0 Å². The second kappa shape index (κ2) is 9.01. The highest BCUT2D eigenvalue weighted by Gasteiger charge is 2.20. The first-order valence-electron chi connectivity index (χ1n) is 8.41. The molecule has 138 valence electrons. The first-order valence-corrected chi connectivity index (χ1v) is 8.41. The van der Waals surface area contributed by atoms with E-state index in [1.54, 1.807) is 12.1 Å². The Hall–Kier alpha value is -2.86. The number of ether oxygens (including phenoxy) is 2. The first kappa shape index (κ1) is 19.5. The van der Waals surface area contributed by atoms with E-state index in [9.17, 15) is 4.79 Å². The number of carbonyl (C=O) groups is 1. The van der Waals surface area contributed by atoms with Gasteiger partial charge in [0.15, 0.2) is 6.10 Å². The fourth-order valence-corrected chi connectivity index (χ4v) is 2.50. The third-order valence-corrected chi connectivity index (χ3v) is 3.74. The van der Waals surface area contributed by atoms with E-state index in [1.165, 1.54) is 7.11 Å². The number of nitrogens with one attached hydrogen (secondary N) is 2. The summed E-state index contributed by atoms with van der Waals surface area (Å²) < 4.78 is 11.1. The summed E-state index contributed by atoms with van der Waals surface area (Å²) in [6.07, 6.45) is -0.666. The van der Waals surface area contributed by atoms with Crippen LogP contribution in [0.3, 0.4) is 0 Å². The van der Waals surface area contributed by atoms with Gasteiger partial charge in [-0.05, 0) is 37.1 Å². The zero-order valence-corrected chi connectivity index (χ0v) is 15.3. The van der Waals surface area contributed by atoms with Crippen molar-refractivity contribution >= 4 is 11.7 Å². The molecule has 4 N–H and O–H groups in total. The highest BCUT2D eigenvalue weighted by Crippen LogP contribution is 2.23. The number of amidine groups is 1. The van der Waals surface area contributed by atoms with Gasteiger partial charge in [0.05, 0.1) is 6.10 Å². The standard InChI is InChI=1S/C20H25N3O3/c1-13(2)26-17-6-4-5-16(11-17)18(25-3)20(24)23-12-14-7-9-15(10-8-14)19(21)22/h4-11,13,18H,12H2,1-3H3,(H3,21,22)(H,23,24). The van der Waals surface area contributed by atoms with Crippen LogP contribution in [-0.2, 0) is 16.1 Å². The van der Waals surface area contributed by atoms with Gasteiger partial charge in [0.25, 0.3) is 5.91 Å². The quantitative estimate of drug-likeness (QED) is 0.501. The fraction of sp³-hybridized carbons (Fsp3) is 0.300. The summed E-state index contributed by atoms with van der Waals surface area (Å²) in [4.78, 5) is 12.5. The summed E-state index contributed by atoms with van der Waals surface area (Å²) in [6.45, 7) is 4.26. The maximum absolute atomic E-state index is 12.5. The molecule has 0 aliphatic rings. The normalized spacial score (nSPS) is 11.8. The predicted octanol–water partition coefficient (Wildman–Crippen LogP) is 2.76. The molecule has 2 aromatic carbocycles. The molecule has 0 saturated carbocycles. The Kier molecular flexibility index (Phi) is 6.74. The minimum Gasteiger partial charge on any atom is -0.491 e. The van der Waals surface area contributed by atoms with Crippen LogP contribution in [0, 0.1) is 5.41 Å². The monoisotopic (exact) mass is 355 g/mol. The van der Waals surface area contributed by atoms with Gasteiger partial charge in [0.1, 0.15) is 11.6 Å². The van der Waals surface area contributed by atoms with E-state index in [4.69, 9.17) is 20.6 Å². The molecule has 6 nitrogen and oxygen atoms in total. The molecule has 2 rings (SSSR count). The van der Waals surface area contributed by atoms with Crippen molar-refractivity contribution in [1.29, 1.82) is 5.41 Å². The van der Waals surface area contributed by atoms with Crippen LogP contribution < -0.4 is 15.8 Å². The van der Waals surface area contributed by atoms with Crippen LogP contribution in [0.25, 0.3) is 0 Å². The zero-order valence-electron chi connectivity index (χ0n) is 15.3. The van der Waals surface area contributed by atoms with Crippen LogP contribution in [0.4, 0.5) is 0 Å². The summed E-state index contributed by atoms with van der Waals surface area (Å²) in [5.41, 5.74) is 7.73. The van der Waals surface area contributed by atoms with E-state index < -0.39 is 6.10 Å². The molecule has 0 heterocycles. The van der Waals surface area contributed by atoms with Gasteiger partial charge in [-0.25, -0.2) is 0 Å². The second-order valence-electron chi connectivity index (χ2n) is 6.18. The maximum atomic E-state index is 12.5. The molecule has 0 spiro atoms. The van der Waals surface area contributed by atoms with Crippen LogP contribution in [0.2, 0.25) is 0 Å². The van der Waals surface area contributed by atoms with Gasteiger partial charge in [0.2, 0.25) is 0 Å². The molecular formula is C20H25N3O3. The molecule has 26 heavy (non-hydrogen) atoms. The lowest BCUT2D eigenvalue weighted by Gasteiger charge is -2.17. The van der Waals surface area contributed by atoms with E-state index in [1.807, 2.05) is 50.2 Å². The van der Waals surface area contributed by atoms with Gasteiger partial charge in [-0.3, -0.25) is 10.2 Å². The van der Waals surface area contributed by atoms with Crippen LogP contribution in [0.15, 0.2) is 48.5 Å². The molecule has 0 radical (unpaired) electrons. The second-order valence-corrected chi connectivity index (χ2v) is 6.18. The van der Waals surface area contributed by atoms with E-state index in [0.717, 1.165) is 11.1 Å². The number of benzene rings is 2. The van der Waals surface area contributed by atoms with Crippen molar-refractivity contribution in [3.8, 4) is 5.75 Å². The van der Waals surface area contributed by atoms with E-state index in [-0.39, 0.29) is 17.8 Å². The SMILES string of the molecule is COC(C(=O)NCc1ccc(C(=N)N)cc1)c1cccc(OC(C)C)c1. The average molecular weight is 355 g/mol. The molecule has 0 aliphatic heterocycles. The Morgan fingerprint density at radius 2 is 1.88 bits per heavy atom. The molecule has 0 aliphatic carbocycles. The van der Waals surface area contributed by atoms with Crippen molar-refractivity contribution in [2.24, 2.45) is 5.73 Å². The van der Waals surface area contributed by atoms with Gasteiger partial charge in [-0.2, -0.15) is 0 Å². The van der Waals surface area contributed by atoms with Gasteiger partial charge >= 0.3 is 0 Å². The number of carbonyl (C=O) groups excluding carboxylic acids is 1. The summed E-state index contributed by atoms with van der Waals surface area (Å²) >= 11 is 0. The highest BCUT2D eigenvalue weighted by molar-refractivity contribution is 5.94. The smallest absolute Gasteiger partial charge is 0.254 e. The number of nitrogens with two attached hydrogens (primary N) is 1. The number of rotatable bonds is 8. The van der Waals surface area contributed by atoms with Crippen molar-refractivity contribution in [2.75, 3.05) is 7.11 Å². The number of nitrogen functional groups attached to an aromatic ring is 1. The largest absolute Gasteiger partial charge is 0.491 e. The molecule has 0 saturated heterocycles. The summed E-state index contributed by atoms with van der Waals surface area (Å²) in [5, 5.41) is 10.3. The maximum Gasteiger partial charge on any atom is 0.254 e. The van der Waals surface area contributed by atoms with Crippen molar-refractivity contribution < 1.29 is 14.3 Å². The number of amides is 1. The van der Waals surface area contributed by atoms with Gasteiger partial charge in [-0.1, -0.05) is 36.4 Å². The lowest BCUT2D eigenvalue weighted by atomic mass is 10.1. The number of hydrogen-bond donors (Lipinski definition) is 3. The molecule has 2 aromatic rings. The molecular weight excluding hydrogens is 330 g/mol. The Morgan fingerprint density at radius 3 is 2.46 bits per heavy atom. The summed E-state index contributed by atoms with van der Waals surface area (Å²) in [7, 11) is 1.50. The number of methoxy groups -OCH3 is 1. The molecule has 0 bridgehead atoms. The molecule has 1 unspecified atom stereocenters. The first-order chi connectivity index (χ1) is 12.4. The Balaban J connectivity index is 2.03. The minimum atomic E-state index is -0.720. The summed E-state index contributed by atoms with van der Waals surface area (Å²) in [6, 6.07) is 14.5. The Bertz CT molecular complexity index is 757. The summed E-state index contributed by atoms with van der Waals surface area (Å²) in [5.74, 6) is 0.487. The van der Waals surface area contributed by atoms with Crippen molar-refractivity contribution in [3.05, 3.63) is 65.2 Å². The van der Waals surface area contributed by atoms with Crippen LogP contribution >= 0.6 is 0 Å². The lowest BCUT2D eigenvalue weighted by molar-refractivity contribution is -0.131. The average Bonchev–Trinajstić information content (AvgIpc) is 2.60. The van der Waals surface area contributed by atoms with Gasteiger partial charge in [0, 0.05) is 19.2 Å². The minimum absolute atomic E-state index is 0.0172. The van der Waals surface area contributed by atoms with E-state index in [0.29, 0.717) is 17.9 Å². The molecule has 6 heteroatoms. The fourth-order valence-electron chi connectivity index (χ4n) is 2.50. The van der Waals surface area contributed by atoms with Crippen molar-refractivity contribution in [2.45, 2.75) is 32.6 Å². The number of hydrogen-bond acceptors (Lipinski definition) is 4. The topological polar surface area (TPSA) is 97.4 Å².